The number of hydrogen-bond donors (Lipinski definition) is 1. The number of carbonyl (C=O) groups excluding carboxylic acids is 1. The lowest BCUT2D eigenvalue weighted by Gasteiger charge is -2.29. The summed E-state index contributed by atoms with van der Waals surface area (Å²) in [5.41, 5.74) is -0.480. The van der Waals surface area contributed by atoms with Crippen LogP contribution in [0.4, 0.5) is 4.39 Å². The average molecular weight is 293 g/mol. The van der Waals surface area contributed by atoms with Gasteiger partial charge in [0.15, 0.2) is 0 Å². The second-order valence-corrected chi connectivity index (χ2v) is 5.52. The van der Waals surface area contributed by atoms with E-state index in [4.69, 9.17) is 4.74 Å². The predicted molar refractivity (Wildman–Crippen MR) is 77.4 cm³/mol. The number of rotatable bonds is 5. The Morgan fingerprint density at radius 2 is 2.10 bits per heavy atom. The van der Waals surface area contributed by atoms with Crippen LogP contribution in [0, 0.1) is 5.82 Å². The number of amides is 1. The molecule has 0 unspecified atom stereocenters. The van der Waals surface area contributed by atoms with E-state index in [0.717, 1.165) is 0 Å². The van der Waals surface area contributed by atoms with Gasteiger partial charge in [0.1, 0.15) is 11.4 Å². The summed E-state index contributed by atoms with van der Waals surface area (Å²) in [6.45, 7) is 1.95. The van der Waals surface area contributed by atoms with E-state index in [9.17, 15) is 9.18 Å². The van der Waals surface area contributed by atoms with Crippen LogP contribution in [0.3, 0.4) is 0 Å². The molecule has 1 aromatic heterocycles. The Hall–Kier alpha value is -1.72. The summed E-state index contributed by atoms with van der Waals surface area (Å²) in [5.74, 6) is -0.526. The summed E-state index contributed by atoms with van der Waals surface area (Å²) in [6.07, 6.45) is 0. The van der Waals surface area contributed by atoms with E-state index in [-0.39, 0.29) is 18.3 Å². The Kier molecular flexibility index (Phi) is 4.52. The fraction of sp³-hybridized carbons (Fsp3) is 0.267. The van der Waals surface area contributed by atoms with Crippen molar-refractivity contribution in [3.63, 3.8) is 0 Å². The lowest BCUT2D eigenvalue weighted by molar-refractivity contribution is 0.000423. The van der Waals surface area contributed by atoms with Crippen LogP contribution in [0.5, 0.6) is 0 Å². The fourth-order valence-corrected chi connectivity index (χ4v) is 2.55. The molecule has 5 heteroatoms. The Labute approximate surface area is 121 Å². The van der Waals surface area contributed by atoms with Crippen molar-refractivity contribution >= 4 is 17.2 Å². The molecule has 0 fully saturated rings. The van der Waals surface area contributed by atoms with Gasteiger partial charge in [-0.25, -0.2) is 4.39 Å². The first kappa shape index (κ1) is 14.7. The molecule has 2 rings (SSSR count). The fourth-order valence-electron chi connectivity index (χ4n) is 1.91. The number of thiophene rings is 1. The third-order valence-electron chi connectivity index (χ3n) is 3.23. The number of nitrogens with one attached hydrogen (secondary N) is 1. The first-order valence-electron chi connectivity index (χ1n) is 6.19. The Balaban J connectivity index is 2.12. The zero-order valence-electron chi connectivity index (χ0n) is 11.4. The van der Waals surface area contributed by atoms with Crippen LogP contribution in [-0.4, -0.2) is 19.6 Å². The van der Waals surface area contributed by atoms with E-state index in [1.54, 1.807) is 31.2 Å². The molecule has 1 heterocycles. The summed E-state index contributed by atoms with van der Waals surface area (Å²) < 4.78 is 19.3. The largest absolute Gasteiger partial charge is 0.372 e. The number of carbonyl (C=O) groups is 1. The molecular weight excluding hydrogens is 277 g/mol. The molecule has 3 nitrogen and oxygen atoms in total. The molecule has 20 heavy (non-hydrogen) atoms. The highest BCUT2D eigenvalue weighted by Gasteiger charge is 2.29. The van der Waals surface area contributed by atoms with Crippen LogP contribution in [0.15, 0.2) is 41.8 Å². The van der Waals surface area contributed by atoms with Crippen molar-refractivity contribution in [3.05, 3.63) is 58.0 Å². The summed E-state index contributed by atoms with van der Waals surface area (Å²) in [4.78, 5) is 12.6. The predicted octanol–water partition coefficient (Wildman–Crippen LogP) is 3.18. The third-order valence-corrected chi connectivity index (χ3v) is 4.09. The minimum atomic E-state index is -0.905. The van der Waals surface area contributed by atoms with E-state index >= 15 is 0 Å². The number of benzene rings is 1. The minimum absolute atomic E-state index is 0.181. The second-order valence-electron chi connectivity index (χ2n) is 4.57. The molecular formula is C15H16FNO2S. The van der Waals surface area contributed by atoms with Crippen molar-refractivity contribution in [2.75, 3.05) is 13.7 Å². The van der Waals surface area contributed by atoms with Gasteiger partial charge in [-0.1, -0.05) is 24.3 Å². The minimum Gasteiger partial charge on any atom is -0.372 e. The van der Waals surface area contributed by atoms with Gasteiger partial charge in [-0.3, -0.25) is 4.79 Å². The highest BCUT2D eigenvalue weighted by Crippen LogP contribution is 2.26. The van der Waals surface area contributed by atoms with Crippen LogP contribution in [0.25, 0.3) is 0 Å². The molecule has 2 aromatic rings. The molecule has 1 aromatic carbocycles. The summed E-state index contributed by atoms with van der Waals surface area (Å²) in [5, 5.41) is 4.62. The van der Waals surface area contributed by atoms with Crippen molar-refractivity contribution in [1.82, 2.24) is 5.32 Å². The summed E-state index contributed by atoms with van der Waals surface area (Å²) in [7, 11) is 1.50. The standard InChI is InChI=1S/C15H16FNO2S/c1-15(19-2,11-6-3-4-7-12(11)16)10-17-14(18)13-8-5-9-20-13/h3-9H,10H2,1-2H3,(H,17,18)/t15-/m0/s1. The van der Waals surface area contributed by atoms with Crippen molar-refractivity contribution in [2.24, 2.45) is 0 Å². The Morgan fingerprint density at radius 3 is 2.70 bits per heavy atom. The van der Waals surface area contributed by atoms with E-state index < -0.39 is 5.60 Å². The molecule has 0 aliphatic carbocycles. The monoisotopic (exact) mass is 293 g/mol. The zero-order valence-corrected chi connectivity index (χ0v) is 12.2. The van der Waals surface area contributed by atoms with Crippen LogP contribution in [-0.2, 0) is 10.3 Å². The number of methoxy groups -OCH3 is 1. The molecule has 1 atom stereocenters. The van der Waals surface area contributed by atoms with Gasteiger partial charge >= 0.3 is 0 Å². The van der Waals surface area contributed by atoms with Crippen molar-refractivity contribution in [1.29, 1.82) is 0 Å². The molecule has 1 amide bonds. The maximum atomic E-state index is 13.9. The zero-order chi connectivity index (χ0) is 14.6. The van der Waals surface area contributed by atoms with Crippen molar-refractivity contribution in [2.45, 2.75) is 12.5 Å². The van der Waals surface area contributed by atoms with Crippen LogP contribution in [0.1, 0.15) is 22.2 Å². The number of halogens is 1. The van der Waals surface area contributed by atoms with Crippen molar-refractivity contribution < 1.29 is 13.9 Å². The van der Waals surface area contributed by atoms with Gasteiger partial charge in [0.25, 0.3) is 5.91 Å². The molecule has 106 valence electrons. The van der Waals surface area contributed by atoms with Gasteiger partial charge in [-0.05, 0) is 24.4 Å². The van der Waals surface area contributed by atoms with Crippen LogP contribution in [0.2, 0.25) is 0 Å². The average Bonchev–Trinajstić information content (AvgIpc) is 2.99. The van der Waals surface area contributed by atoms with Crippen LogP contribution >= 0.6 is 11.3 Å². The maximum absolute atomic E-state index is 13.9. The molecule has 1 N–H and O–H groups in total. The van der Waals surface area contributed by atoms with E-state index in [1.165, 1.54) is 24.5 Å². The van der Waals surface area contributed by atoms with Gasteiger partial charge in [-0.2, -0.15) is 0 Å². The lowest BCUT2D eigenvalue weighted by atomic mass is 9.95. The maximum Gasteiger partial charge on any atom is 0.261 e. The molecule has 0 bridgehead atoms. The first-order chi connectivity index (χ1) is 9.57. The molecule has 0 aliphatic rings. The highest BCUT2D eigenvalue weighted by atomic mass is 32.1. The Morgan fingerprint density at radius 1 is 1.35 bits per heavy atom. The van der Waals surface area contributed by atoms with Gasteiger partial charge in [0.2, 0.25) is 0 Å². The van der Waals surface area contributed by atoms with Gasteiger partial charge in [-0.15, -0.1) is 11.3 Å². The van der Waals surface area contributed by atoms with Crippen molar-refractivity contribution in [3.8, 4) is 0 Å². The normalized spacial score (nSPS) is 13.8. The number of hydrogen-bond acceptors (Lipinski definition) is 3. The third kappa shape index (κ3) is 3.05. The molecule has 0 aliphatic heterocycles. The molecule has 0 saturated carbocycles. The van der Waals surface area contributed by atoms with E-state index in [2.05, 4.69) is 5.32 Å². The molecule has 0 radical (unpaired) electrons. The van der Waals surface area contributed by atoms with Gasteiger partial charge < -0.3 is 10.1 Å². The van der Waals surface area contributed by atoms with Gasteiger partial charge in [0, 0.05) is 12.7 Å². The first-order valence-corrected chi connectivity index (χ1v) is 7.06. The second kappa shape index (κ2) is 6.15. The van der Waals surface area contributed by atoms with Gasteiger partial charge in [0.05, 0.1) is 11.4 Å². The number of ether oxygens (including phenoxy) is 1. The topological polar surface area (TPSA) is 38.3 Å². The Bertz CT molecular complexity index is 585. The van der Waals surface area contributed by atoms with E-state index in [1.807, 2.05) is 11.4 Å². The SMILES string of the molecule is CO[C@@](C)(CNC(=O)c1cccs1)c1ccccc1F. The lowest BCUT2D eigenvalue weighted by Crippen LogP contribution is -2.40. The quantitative estimate of drug-likeness (QED) is 0.919. The van der Waals surface area contributed by atoms with Crippen LogP contribution < -0.4 is 5.32 Å². The summed E-state index contributed by atoms with van der Waals surface area (Å²) >= 11 is 1.36. The molecule has 0 spiro atoms. The van der Waals surface area contributed by atoms with E-state index in [0.29, 0.717) is 10.4 Å². The molecule has 0 saturated heterocycles. The highest BCUT2D eigenvalue weighted by molar-refractivity contribution is 7.12. The summed E-state index contributed by atoms with van der Waals surface area (Å²) in [6, 6.07) is 9.97. The smallest absolute Gasteiger partial charge is 0.261 e.